The lowest BCUT2D eigenvalue weighted by molar-refractivity contribution is -0.137. The minimum atomic E-state index is -4.54. The molecule has 0 heterocycles. The number of primary amides is 1. The van der Waals surface area contributed by atoms with Crippen LogP contribution in [0.4, 0.5) is 13.2 Å². The standard InChI is InChI=1S/C19H19F3N2O2/c1-24(16(12-17(23)25)10-13-6-3-2-4-7-13)18(26)14-8-5-9-15(11-14)19(20,21)22/h2-9,11,16H,10,12H2,1H3,(H2,23,25)/t16-/m0/s1. The molecule has 138 valence electrons. The highest BCUT2D eigenvalue weighted by Gasteiger charge is 2.31. The van der Waals surface area contributed by atoms with Gasteiger partial charge in [-0.3, -0.25) is 9.59 Å². The number of nitrogens with zero attached hydrogens (tertiary/aromatic N) is 1. The molecule has 1 atom stereocenters. The first-order valence-electron chi connectivity index (χ1n) is 7.95. The smallest absolute Gasteiger partial charge is 0.370 e. The quantitative estimate of drug-likeness (QED) is 0.855. The fourth-order valence-corrected chi connectivity index (χ4v) is 2.66. The predicted molar refractivity (Wildman–Crippen MR) is 91.3 cm³/mol. The van der Waals surface area contributed by atoms with E-state index in [-0.39, 0.29) is 12.0 Å². The van der Waals surface area contributed by atoms with Crippen molar-refractivity contribution in [1.82, 2.24) is 4.90 Å². The summed E-state index contributed by atoms with van der Waals surface area (Å²) in [7, 11) is 1.46. The molecule has 0 bridgehead atoms. The van der Waals surface area contributed by atoms with Crippen LogP contribution in [0.25, 0.3) is 0 Å². The average molecular weight is 364 g/mol. The van der Waals surface area contributed by atoms with E-state index < -0.39 is 29.6 Å². The van der Waals surface area contributed by atoms with Gasteiger partial charge in [0.25, 0.3) is 5.91 Å². The molecule has 2 aromatic rings. The number of likely N-dealkylation sites (N-methyl/N-ethyl adjacent to an activating group) is 1. The molecule has 0 aliphatic carbocycles. The van der Waals surface area contributed by atoms with E-state index in [4.69, 9.17) is 5.73 Å². The summed E-state index contributed by atoms with van der Waals surface area (Å²) in [5.41, 5.74) is 5.18. The van der Waals surface area contributed by atoms with Crippen molar-refractivity contribution in [1.29, 1.82) is 0 Å². The first-order valence-corrected chi connectivity index (χ1v) is 7.95. The maximum absolute atomic E-state index is 12.9. The number of amides is 2. The van der Waals surface area contributed by atoms with Crippen LogP contribution in [-0.4, -0.2) is 29.8 Å². The summed E-state index contributed by atoms with van der Waals surface area (Å²) in [6.45, 7) is 0. The number of hydrogen-bond donors (Lipinski definition) is 1. The SMILES string of the molecule is CN(C(=O)c1cccc(C(F)(F)F)c1)[C@H](CC(N)=O)Cc1ccccc1. The Morgan fingerprint density at radius 2 is 1.73 bits per heavy atom. The van der Waals surface area contributed by atoms with Gasteiger partial charge in [0.2, 0.25) is 5.91 Å². The molecule has 2 amide bonds. The normalized spacial score (nSPS) is 12.5. The first-order chi connectivity index (χ1) is 12.2. The zero-order chi connectivity index (χ0) is 19.3. The van der Waals surface area contributed by atoms with Gasteiger partial charge in [-0.2, -0.15) is 13.2 Å². The number of nitrogens with two attached hydrogens (primary N) is 1. The van der Waals surface area contributed by atoms with E-state index in [0.29, 0.717) is 6.42 Å². The van der Waals surface area contributed by atoms with Gasteiger partial charge in [0.1, 0.15) is 0 Å². The maximum atomic E-state index is 12.9. The highest BCUT2D eigenvalue weighted by atomic mass is 19.4. The Hall–Kier alpha value is -2.83. The Morgan fingerprint density at radius 3 is 2.31 bits per heavy atom. The van der Waals surface area contributed by atoms with E-state index in [0.717, 1.165) is 17.7 Å². The van der Waals surface area contributed by atoms with Crippen LogP contribution < -0.4 is 5.73 Å². The zero-order valence-electron chi connectivity index (χ0n) is 14.2. The van der Waals surface area contributed by atoms with E-state index in [2.05, 4.69) is 0 Å². The third-order valence-corrected chi connectivity index (χ3v) is 4.06. The minimum absolute atomic E-state index is 0.0872. The lowest BCUT2D eigenvalue weighted by Gasteiger charge is -2.28. The number of carbonyl (C=O) groups is 2. The van der Waals surface area contributed by atoms with Gasteiger partial charge >= 0.3 is 6.18 Å². The topological polar surface area (TPSA) is 63.4 Å². The van der Waals surface area contributed by atoms with Crippen LogP contribution in [0.15, 0.2) is 54.6 Å². The Kier molecular flexibility index (Phi) is 6.02. The van der Waals surface area contributed by atoms with Gasteiger partial charge in [-0.05, 0) is 30.2 Å². The van der Waals surface area contributed by atoms with Crippen molar-refractivity contribution in [2.75, 3.05) is 7.05 Å². The molecule has 26 heavy (non-hydrogen) atoms. The monoisotopic (exact) mass is 364 g/mol. The predicted octanol–water partition coefficient (Wildman–Crippen LogP) is 3.26. The third-order valence-electron chi connectivity index (χ3n) is 4.06. The molecular formula is C19H19F3N2O2. The number of hydrogen-bond acceptors (Lipinski definition) is 2. The summed E-state index contributed by atoms with van der Waals surface area (Å²) < 4.78 is 38.6. The first kappa shape index (κ1) is 19.5. The largest absolute Gasteiger partial charge is 0.416 e. The highest BCUT2D eigenvalue weighted by molar-refractivity contribution is 5.94. The van der Waals surface area contributed by atoms with Gasteiger partial charge in [-0.15, -0.1) is 0 Å². The molecule has 0 aromatic heterocycles. The zero-order valence-corrected chi connectivity index (χ0v) is 14.2. The van der Waals surface area contributed by atoms with E-state index in [1.165, 1.54) is 24.1 Å². The second-order valence-corrected chi connectivity index (χ2v) is 6.01. The molecule has 0 unspecified atom stereocenters. The molecular weight excluding hydrogens is 345 g/mol. The van der Waals surface area contributed by atoms with Crippen molar-refractivity contribution in [3.63, 3.8) is 0 Å². The highest BCUT2D eigenvalue weighted by Crippen LogP contribution is 2.30. The molecule has 7 heteroatoms. The van der Waals surface area contributed by atoms with Crippen molar-refractivity contribution in [2.24, 2.45) is 5.73 Å². The number of halogens is 3. The van der Waals surface area contributed by atoms with Crippen LogP contribution >= 0.6 is 0 Å². The van der Waals surface area contributed by atoms with Crippen LogP contribution in [0.1, 0.15) is 27.9 Å². The molecule has 2 N–H and O–H groups in total. The summed E-state index contributed by atoms with van der Waals surface area (Å²) in [6.07, 6.45) is -4.26. The molecule has 0 aliphatic rings. The van der Waals surface area contributed by atoms with E-state index in [1.54, 1.807) is 0 Å². The molecule has 0 spiro atoms. The lowest BCUT2D eigenvalue weighted by atomic mass is 10.0. The Morgan fingerprint density at radius 1 is 1.08 bits per heavy atom. The summed E-state index contributed by atoms with van der Waals surface area (Å²) in [6, 6.07) is 12.8. The van der Waals surface area contributed by atoms with E-state index in [9.17, 15) is 22.8 Å². The lowest BCUT2D eigenvalue weighted by Crippen LogP contribution is -2.41. The van der Waals surface area contributed by atoms with Crippen LogP contribution in [0.5, 0.6) is 0 Å². The van der Waals surface area contributed by atoms with Gasteiger partial charge in [0.05, 0.1) is 5.56 Å². The molecule has 4 nitrogen and oxygen atoms in total. The molecule has 0 radical (unpaired) electrons. The second-order valence-electron chi connectivity index (χ2n) is 6.01. The van der Waals surface area contributed by atoms with Gasteiger partial charge < -0.3 is 10.6 Å². The van der Waals surface area contributed by atoms with Crippen LogP contribution in [-0.2, 0) is 17.4 Å². The minimum Gasteiger partial charge on any atom is -0.370 e. The second kappa shape index (κ2) is 8.03. The Balaban J connectivity index is 2.25. The van der Waals surface area contributed by atoms with Crippen molar-refractivity contribution in [3.8, 4) is 0 Å². The Labute approximate surface area is 149 Å². The summed E-state index contributed by atoms with van der Waals surface area (Å²) in [5.74, 6) is -1.19. The molecule has 0 saturated heterocycles. The van der Waals surface area contributed by atoms with E-state index >= 15 is 0 Å². The number of carbonyl (C=O) groups excluding carboxylic acids is 2. The summed E-state index contributed by atoms with van der Waals surface area (Å²) >= 11 is 0. The fraction of sp³-hybridized carbons (Fsp3) is 0.263. The molecule has 0 fully saturated rings. The van der Waals surface area contributed by atoms with E-state index in [1.807, 2.05) is 30.3 Å². The fourth-order valence-electron chi connectivity index (χ4n) is 2.66. The molecule has 0 aliphatic heterocycles. The maximum Gasteiger partial charge on any atom is 0.416 e. The number of benzene rings is 2. The van der Waals surface area contributed by atoms with Crippen molar-refractivity contribution >= 4 is 11.8 Å². The van der Waals surface area contributed by atoms with Gasteiger partial charge in [0, 0.05) is 25.1 Å². The number of rotatable bonds is 6. The molecule has 0 saturated carbocycles. The van der Waals surface area contributed by atoms with Gasteiger partial charge in [-0.1, -0.05) is 36.4 Å². The van der Waals surface area contributed by atoms with Crippen molar-refractivity contribution < 1.29 is 22.8 Å². The van der Waals surface area contributed by atoms with Crippen molar-refractivity contribution in [2.45, 2.75) is 25.1 Å². The molecule has 2 aromatic carbocycles. The van der Waals surface area contributed by atoms with Gasteiger partial charge in [-0.25, -0.2) is 0 Å². The van der Waals surface area contributed by atoms with Crippen LogP contribution in [0, 0.1) is 0 Å². The summed E-state index contributed by atoms with van der Waals surface area (Å²) in [4.78, 5) is 25.3. The van der Waals surface area contributed by atoms with Crippen LogP contribution in [0.2, 0.25) is 0 Å². The van der Waals surface area contributed by atoms with Crippen molar-refractivity contribution in [3.05, 3.63) is 71.3 Å². The van der Waals surface area contributed by atoms with Gasteiger partial charge in [0.15, 0.2) is 0 Å². The summed E-state index contributed by atoms with van der Waals surface area (Å²) in [5, 5.41) is 0. The Bertz CT molecular complexity index is 776. The third kappa shape index (κ3) is 5.08. The average Bonchev–Trinajstić information content (AvgIpc) is 2.60. The van der Waals surface area contributed by atoms with Crippen LogP contribution in [0.3, 0.4) is 0 Å². The number of alkyl halides is 3. The molecule has 2 rings (SSSR count).